The number of carbonyl (C=O) groups excluding carboxylic acids is 2. The van der Waals surface area contributed by atoms with Crippen LogP contribution in [0.5, 0.6) is 0 Å². The molecule has 1 N–H and O–H groups in total. The van der Waals surface area contributed by atoms with Crippen LogP contribution in [0.25, 0.3) is 0 Å². The predicted octanol–water partition coefficient (Wildman–Crippen LogP) is 4.66. The Bertz CT molecular complexity index is 882. The van der Waals surface area contributed by atoms with Gasteiger partial charge in [0.25, 0.3) is 0 Å². The van der Waals surface area contributed by atoms with E-state index in [4.69, 9.17) is 11.6 Å². The van der Waals surface area contributed by atoms with Crippen LogP contribution < -0.4 is 10.2 Å². The molecule has 0 aromatic heterocycles. The summed E-state index contributed by atoms with van der Waals surface area (Å²) in [4.78, 5) is 26.2. The van der Waals surface area contributed by atoms with Crippen molar-refractivity contribution in [2.24, 2.45) is 5.92 Å². The van der Waals surface area contributed by atoms with Crippen molar-refractivity contribution in [2.75, 3.05) is 16.8 Å². The number of alkyl halides is 3. The number of amides is 2. The van der Waals surface area contributed by atoms with E-state index in [0.29, 0.717) is 5.69 Å². The van der Waals surface area contributed by atoms with Gasteiger partial charge in [0.05, 0.1) is 22.2 Å². The molecule has 0 radical (unpaired) electrons. The number of hydrogen-bond donors (Lipinski definition) is 1. The van der Waals surface area contributed by atoms with E-state index >= 15 is 0 Å². The van der Waals surface area contributed by atoms with E-state index in [9.17, 15) is 22.8 Å². The summed E-state index contributed by atoms with van der Waals surface area (Å²) in [6.07, 6.45) is -4.56. The maximum Gasteiger partial charge on any atom is 0.416 e. The Kier molecular flexibility index (Phi) is 5.15. The zero-order chi connectivity index (χ0) is 19.8. The quantitative estimate of drug-likeness (QED) is 0.820. The first-order chi connectivity index (χ1) is 12.6. The van der Waals surface area contributed by atoms with Crippen molar-refractivity contribution in [3.63, 3.8) is 0 Å². The maximum absolute atomic E-state index is 12.8. The minimum absolute atomic E-state index is 0.00364. The predicted molar refractivity (Wildman–Crippen MR) is 96.7 cm³/mol. The number of anilines is 2. The molecule has 0 spiro atoms. The molecule has 0 saturated carbocycles. The summed E-state index contributed by atoms with van der Waals surface area (Å²) in [6, 6.07) is 10.0. The molecule has 1 heterocycles. The number of rotatable bonds is 3. The van der Waals surface area contributed by atoms with Gasteiger partial charge in [-0.3, -0.25) is 9.59 Å². The highest BCUT2D eigenvalue weighted by molar-refractivity contribution is 6.33. The van der Waals surface area contributed by atoms with Crippen LogP contribution in [0.2, 0.25) is 5.02 Å². The van der Waals surface area contributed by atoms with Crippen LogP contribution in [0, 0.1) is 12.8 Å². The van der Waals surface area contributed by atoms with Crippen molar-refractivity contribution < 1.29 is 22.8 Å². The number of aryl methyl sites for hydroxylation is 1. The van der Waals surface area contributed by atoms with E-state index < -0.39 is 23.6 Å². The fourth-order valence-corrected chi connectivity index (χ4v) is 3.05. The fourth-order valence-electron chi connectivity index (χ4n) is 2.89. The number of benzene rings is 2. The minimum Gasteiger partial charge on any atom is -0.324 e. The normalized spacial score (nSPS) is 17.3. The van der Waals surface area contributed by atoms with Gasteiger partial charge in [0.2, 0.25) is 11.8 Å². The molecular formula is C19H16ClF3N2O2. The summed E-state index contributed by atoms with van der Waals surface area (Å²) in [5.41, 5.74) is 0.681. The minimum atomic E-state index is -4.55. The zero-order valence-electron chi connectivity index (χ0n) is 14.3. The van der Waals surface area contributed by atoms with E-state index in [1.54, 1.807) is 12.1 Å². The lowest BCUT2D eigenvalue weighted by atomic mass is 10.1. The Hall–Kier alpha value is -2.54. The van der Waals surface area contributed by atoms with Gasteiger partial charge in [-0.15, -0.1) is 0 Å². The first-order valence-electron chi connectivity index (χ1n) is 8.20. The fraction of sp³-hybridized carbons (Fsp3) is 0.263. The van der Waals surface area contributed by atoms with Crippen molar-refractivity contribution in [3.8, 4) is 0 Å². The van der Waals surface area contributed by atoms with Crippen LogP contribution >= 0.6 is 11.6 Å². The lowest BCUT2D eigenvalue weighted by Gasteiger charge is -2.17. The standard InChI is InChI=1S/C19H16ClF3N2O2/c1-11-2-5-14(6-3-11)25-10-12(8-17(25)26)18(27)24-16-9-13(19(21,22)23)4-7-15(16)20/h2-7,9,12H,8,10H2,1H3,(H,24,27)/t12-/m0/s1. The summed E-state index contributed by atoms with van der Waals surface area (Å²) in [5.74, 6) is -1.43. The van der Waals surface area contributed by atoms with Gasteiger partial charge in [-0.1, -0.05) is 29.3 Å². The lowest BCUT2D eigenvalue weighted by molar-refractivity contribution is -0.137. The first-order valence-corrected chi connectivity index (χ1v) is 8.57. The van der Waals surface area contributed by atoms with Crippen molar-refractivity contribution in [2.45, 2.75) is 19.5 Å². The molecule has 27 heavy (non-hydrogen) atoms. The van der Waals surface area contributed by atoms with Gasteiger partial charge in [-0.2, -0.15) is 13.2 Å². The van der Waals surface area contributed by atoms with Crippen LogP contribution in [0.3, 0.4) is 0 Å². The van der Waals surface area contributed by atoms with E-state index in [-0.39, 0.29) is 29.6 Å². The molecular weight excluding hydrogens is 381 g/mol. The molecule has 2 aromatic rings. The Labute approximate surface area is 158 Å². The summed E-state index contributed by atoms with van der Waals surface area (Å²) in [7, 11) is 0. The molecule has 1 aliphatic rings. The molecule has 142 valence electrons. The Morgan fingerprint density at radius 2 is 1.85 bits per heavy atom. The maximum atomic E-state index is 12.8. The number of hydrogen-bond acceptors (Lipinski definition) is 2. The third kappa shape index (κ3) is 4.24. The first kappa shape index (κ1) is 19.2. The molecule has 1 fully saturated rings. The third-order valence-electron chi connectivity index (χ3n) is 4.39. The number of nitrogens with zero attached hydrogens (tertiary/aromatic N) is 1. The zero-order valence-corrected chi connectivity index (χ0v) is 15.1. The smallest absolute Gasteiger partial charge is 0.324 e. The van der Waals surface area contributed by atoms with Crippen LogP contribution in [-0.4, -0.2) is 18.4 Å². The SMILES string of the molecule is Cc1ccc(N2C[C@@H](C(=O)Nc3cc(C(F)(F)F)ccc3Cl)CC2=O)cc1. The second-order valence-electron chi connectivity index (χ2n) is 6.42. The second kappa shape index (κ2) is 7.23. The van der Waals surface area contributed by atoms with Crippen molar-refractivity contribution >= 4 is 34.8 Å². The highest BCUT2D eigenvalue weighted by atomic mass is 35.5. The summed E-state index contributed by atoms with van der Waals surface area (Å²) >= 11 is 5.91. The molecule has 0 bridgehead atoms. The average molecular weight is 397 g/mol. The molecule has 1 saturated heterocycles. The van der Waals surface area contributed by atoms with Crippen molar-refractivity contribution in [3.05, 3.63) is 58.6 Å². The van der Waals surface area contributed by atoms with E-state index in [0.717, 1.165) is 23.8 Å². The van der Waals surface area contributed by atoms with Gasteiger partial charge >= 0.3 is 6.18 Å². The van der Waals surface area contributed by atoms with Gasteiger partial charge < -0.3 is 10.2 Å². The topological polar surface area (TPSA) is 49.4 Å². The van der Waals surface area contributed by atoms with Crippen LogP contribution in [0.1, 0.15) is 17.5 Å². The molecule has 2 amide bonds. The van der Waals surface area contributed by atoms with E-state index in [1.807, 2.05) is 19.1 Å². The lowest BCUT2D eigenvalue weighted by Crippen LogP contribution is -2.28. The van der Waals surface area contributed by atoms with Gasteiger partial charge in [-0.25, -0.2) is 0 Å². The Morgan fingerprint density at radius 3 is 2.48 bits per heavy atom. The van der Waals surface area contributed by atoms with Crippen LogP contribution in [-0.2, 0) is 15.8 Å². The number of carbonyl (C=O) groups is 2. The molecule has 1 atom stereocenters. The summed E-state index contributed by atoms with van der Waals surface area (Å²) < 4.78 is 38.5. The molecule has 0 unspecified atom stereocenters. The van der Waals surface area contributed by atoms with Crippen molar-refractivity contribution in [1.29, 1.82) is 0 Å². The average Bonchev–Trinajstić information content (AvgIpc) is 2.98. The molecule has 3 rings (SSSR count). The van der Waals surface area contributed by atoms with E-state index in [1.165, 1.54) is 4.90 Å². The van der Waals surface area contributed by atoms with Crippen molar-refractivity contribution in [1.82, 2.24) is 0 Å². The van der Waals surface area contributed by atoms with Gasteiger partial charge in [0.15, 0.2) is 0 Å². The largest absolute Gasteiger partial charge is 0.416 e. The second-order valence-corrected chi connectivity index (χ2v) is 6.83. The molecule has 2 aromatic carbocycles. The monoisotopic (exact) mass is 396 g/mol. The Balaban J connectivity index is 1.74. The number of nitrogens with one attached hydrogen (secondary N) is 1. The van der Waals surface area contributed by atoms with E-state index in [2.05, 4.69) is 5.32 Å². The third-order valence-corrected chi connectivity index (χ3v) is 4.72. The summed E-state index contributed by atoms with van der Waals surface area (Å²) in [6.45, 7) is 2.08. The van der Waals surface area contributed by atoms with Gasteiger partial charge in [-0.05, 0) is 37.3 Å². The highest BCUT2D eigenvalue weighted by Gasteiger charge is 2.36. The highest BCUT2D eigenvalue weighted by Crippen LogP contribution is 2.34. The van der Waals surface area contributed by atoms with Gasteiger partial charge in [0.1, 0.15) is 0 Å². The summed E-state index contributed by atoms with van der Waals surface area (Å²) in [5, 5.41) is 2.41. The van der Waals surface area contributed by atoms with Crippen LogP contribution in [0.15, 0.2) is 42.5 Å². The van der Waals surface area contributed by atoms with Gasteiger partial charge in [0, 0.05) is 18.7 Å². The molecule has 1 aliphatic heterocycles. The number of halogens is 4. The molecule has 0 aliphatic carbocycles. The molecule has 8 heteroatoms. The van der Waals surface area contributed by atoms with Crippen LogP contribution in [0.4, 0.5) is 24.5 Å². The molecule has 4 nitrogen and oxygen atoms in total. The Morgan fingerprint density at radius 1 is 1.19 bits per heavy atom.